The minimum atomic E-state index is 0.667. The van der Waals surface area contributed by atoms with Crippen molar-refractivity contribution in [1.29, 1.82) is 0 Å². The molecule has 43 heavy (non-hydrogen) atoms. The first-order valence-electron chi connectivity index (χ1n) is 14.4. The molecule has 6 aromatic carbocycles. The van der Waals surface area contributed by atoms with Gasteiger partial charge in [0.15, 0.2) is 0 Å². The number of pyridine rings is 1. The lowest BCUT2D eigenvalue weighted by atomic mass is 10.00. The predicted molar refractivity (Wildman–Crippen MR) is 178 cm³/mol. The van der Waals surface area contributed by atoms with Crippen molar-refractivity contribution in [2.24, 2.45) is 0 Å². The molecular weight excluding hydrogens is 524 g/mol. The summed E-state index contributed by atoms with van der Waals surface area (Å²) in [6, 6.07) is 49.0. The highest BCUT2D eigenvalue weighted by Crippen LogP contribution is 2.36. The molecule has 200 valence electrons. The van der Waals surface area contributed by atoms with Gasteiger partial charge in [-0.3, -0.25) is 9.55 Å². The molecule has 0 bridgehead atoms. The Balaban J connectivity index is 1.25. The van der Waals surface area contributed by atoms with Gasteiger partial charge in [-0.1, -0.05) is 103 Å². The zero-order chi connectivity index (χ0) is 28.3. The fraction of sp³-hybridized carbons (Fsp3) is 0. The van der Waals surface area contributed by atoms with Crippen LogP contribution in [0.1, 0.15) is 0 Å². The molecule has 4 heteroatoms. The Labute approximate surface area is 247 Å². The Kier molecular flexibility index (Phi) is 5.16. The standard InChI is InChI=1S/C39H24N4/c1-2-9-29-24-37-33(22-28(29)8-1)31-11-4-6-14-36(31)43(37)39-41-34-13-5-3-12-32(34)38(42-39)27-18-15-25(16-19-27)30-20-17-26-10-7-21-40-35(26)23-30/h1-24H. The second-order valence-electron chi connectivity index (χ2n) is 10.9. The van der Waals surface area contributed by atoms with Gasteiger partial charge >= 0.3 is 0 Å². The summed E-state index contributed by atoms with van der Waals surface area (Å²) >= 11 is 0. The molecule has 0 atom stereocenters. The van der Waals surface area contributed by atoms with Crippen LogP contribution in [-0.2, 0) is 0 Å². The van der Waals surface area contributed by atoms with Crippen LogP contribution in [0.15, 0.2) is 146 Å². The van der Waals surface area contributed by atoms with E-state index >= 15 is 0 Å². The van der Waals surface area contributed by atoms with Gasteiger partial charge in [0, 0.05) is 33.3 Å². The van der Waals surface area contributed by atoms with Crippen molar-refractivity contribution in [2.45, 2.75) is 0 Å². The van der Waals surface area contributed by atoms with Crippen molar-refractivity contribution in [3.05, 3.63) is 146 Å². The van der Waals surface area contributed by atoms with Crippen LogP contribution in [0.5, 0.6) is 0 Å². The van der Waals surface area contributed by atoms with E-state index in [0.29, 0.717) is 5.95 Å². The Morgan fingerprint density at radius 2 is 1.12 bits per heavy atom. The Bertz CT molecular complexity index is 2510. The fourth-order valence-corrected chi connectivity index (χ4v) is 6.32. The first-order chi connectivity index (χ1) is 21.3. The largest absolute Gasteiger partial charge is 0.278 e. The molecular formula is C39H24N4. The van der Waals surface area contributed by atoms with Crippen LogP contribution >= 0.6 is 0 Å². The summed E-state index contributed by atoms with van der Waals surface area (Å²) in [6.07, 6.45) is 1.84. The van der Waals surface area contributed by atoms with Gasteiger partial charge in [-0.25, -0.2) is 9.97 Å². The average molecular weight is 549 g/mol. The van der Waals surface area contributed by atoms with Crippen molar-refractivity contribution in [3.8, 4) is 28.3 Å². The molecule has 0 N–H and O–H groups in total. The van der Waals surface area contributed by atoms with Crippen LogP contribution in [-0.4, -0.2) is 19.5 Å². The maximum absolute atomic E-state index is 5.28. The number of nitrogens with zero attached hydrogens (tertiary/aromatic N) is 4. The fourth-order valence-electron chi connectivity index (χ4n) is 6.32. The van der Waals surface area contributed by atoms with E-state index in [2.05, 4.69) is 137 Å². The lowest BCUT2D eigenvalue weighted by molar-refractivity contribution is 1.01. The Hall–Kier alpha value is -5.87. The maximum Gasteiger partial charge on any atom is 0.235 e. The molecule has 3 heterocycles. The molecule has 0 unspecified atom stereocenters. The molecule has 0 radical (unpaired) electrons. The minimum absolute atomic E-state index is 0.667. The summed E-state index contributed by atoms with van der Waals surface area (Å²) in [5.41, 5.74) is 8.35. The smallest absolute Gasteiger partial charge is 0.235 e. The summed E-state index contributed by atoms with van der Waals surface area (Å²) in [7, 11) is 0. The first kappa shape index (κ1) is 23.8. The van der Waals surface area contributed by atoms with E-state index in [1.165, 1.54) is 21.5 Å². The number of benzene rings is 6. The molecule has 0 aliphatic rings. The Morgan fingerprint density at radius 1 is 0.419 bits per heavy atom. The van der Waals surface area contributed by atoms with Gasteiger partial charge in [0.25, 0.3) is 0 Å². The lowest BCUT2D eigenvalue weighted by Gasteiger charge is -2.12. The van der Waals surface area contributed by atoms with Crippen molar-refractivity contribution in [3.63, 3.8) is 0 Å². The van der Waals surface area contributed by atoms with Crippen LogP contribution < -0.4 is 0 Å². The molecule has 3 aromatic heterocycles. The number of rotatable bonds is 3. The van der Waals surface area contributed by atoms with Gasteiger partial charge in [0.2, 0.25) is 5.95 Å². The van der Waals surface area contributed by atoms with E-state index in [4.69, 9.17) is 9.97 Å². The van der Waals surface area contributed by atoms with Crippen LogP contribution in [0.2, 0.25) is 0 Å². The third kappa shape index (κ3) is 3.81. The molecule has 0 aliphatic heterocycles. The van der Waals surface area contributed by atoms with Gasteiger partial charge in [-0.2, -0.15) is 0 Å². The quantitative estimate of drug-likeness (QED) is 0.221. The van der Waals surface area contributed by atoms with Gasteiger partial charge in [0.05, 0.1) is 27.8 Å². The van der Waals surface area contributed by atoms with E-state index in [1.807, 2.05) is 18.3 Å². The van der Waals surface area contributed by atoms with Gasteiger partial charge in [0.1, 0.15) is 0 Å². The molecule has 0 fully saturated rings. The number of hydrogen-bond donors (Lipinski definition) is 0. The molecule has 0 saturated carbocycles. The van der Waals surface area contributed by atoms with Crippen molar-refractivity contribution >= 4 is 54.4 Å². The summed E-state index contributed by atoms with van der Waals surface area (Å²) in [5, 5.41) is 6.97. The number of fused-ring (bicyclic) bond motifs is 6. The molecule has 9 rings (SSSR count). The highest BCUT2D eigenvalue weighted by atomic mass is 15.2. The topological polar surface area (TPSA) is 43.6 Å². The molecule has 4 nitrogen and oxygen atoms in total. The SMILES string of the molecule is c1ccc2cc3c(cc2c1)c1ccccc1n3-c1nc(-c2ccc(-c3ccc4cccnc4c3)cc2)c2ccccc2n1. The van der Waals surface area contributed by atoms with E-state index < -0.39 is 0 Å². The summed E-state index contributed by atoms with van der Waals surface area (Å²) in [5.74, 6) is 0.667. The third-order valence-corrected chi connectivity index (χ3v) is 8.43. The van der Waals surface area contributed by atoms with Crippen LogP contribution in [0.4, 0.5) is 0 Å². The number of hydrogen-bond acceptors (Lipinski definition) is 3. The average Bonchev–Trinajstić information content (AvgIpc) is 3.39. The van der Waals surface area contributed by atoms with E-state index in [9.17, 15) is 0 Å². The summed E-state index contributed by atoms with van der Waals surface area (Å²) < 4.78 is 2.21. The van der Waals surface area contributed by atoms with Crippen LogP contribution in [0.3, 0.4) is 0 Å². The number of aromatic nitrogens is 4. The van der Waals surface area contributed by atoms with Gasteiger partial charge < -0.3 is 0 Å². The minimum Gasteiger partial charge on any atom is -0.278 e. The molecule has 0 spiro atoms. The molecule has 0 saturated heterocycles. The number of para-hydroxylation sites is 2. The monoisotopic (exact) mass is 548 g/mol. The highest BCUT2D eigenvalue weighted by molar-refractivity contribution is 6.13. The summed E-state index contributed by atoms with van der Waals surface area (Å²) in [4.78, 5) is 14.9. The van der Waals surface area contributed by atoms with Crippen molar-refractivity contribution < 1.29 is 0 Å². The summed E-state index contributed by atoms with van der Waals surface area (Å²) in [6.45, 7) is 0. The van der Waals surface area contributed by atoms with Gasteiger partial charge in [-0.15, -0.1) is 0 Å². The second kappa shape index (κ2) is 9.33. The van der Waals surface area contributed by atoms with Crippen LogP contribution in [0.25, 0.3) is 82.7 Å². The van der Waals surface area contributed by atoms with E-state index in [1.54, 1.807) is 0 Å². The van der Waals surface area contributed by atoms with Crippen LogP contribution in [0, 0.1) is 0 Å². The third-order valence-electron chi connectivity index (χ3n) is 8.43. The first-order valence-corrected chi connectivity index (χ1v) is 14.4. The zero-order valence-corrected chi connectivity index (χ0v) is 23.1. The van der Waals surface area contributed by atoms with Crippen molar-refractivity contribution in [2.75, 3.05) is 0 Å². The lowest BCUT2D eigenvalue weighted by Crippen LogP contribution is -2.03. The second-order valence-corrected chi connectivity index (χ2v) is 10.9. The molecule has 0 aliphatic carbocycles. The molecule has 9 aromatic rings. The Morgan fingerprint density at radius 3 is 2.00 bits per heavy atom. The predicted octanol–water partition coefficient (Wildman–Crippen LogP) is 9.76. The van der Waals surface area contributed by atoms with Gasteiger partial charge in [-0.05, 0) is 58.3 Å². The van der Waals surface area contributed by atoms with Crippen molar-refractivity contribution in [1.82, 2.24) is 19.5 Å². The van der Waals surface area contributed by atoms with E-state index in [-0.39, 0.29) is 0 Å². The van der Waals surface area contributed by atoms with E-state index in [0.717, 1.165) is 55.2 Å². The maximum atomic E-state index is 5.28. The normalized spacial score (nSPS) is 11.7. The zero-order valence-electron chi connectivity index (χ0n) is 23.1. The highest BCUT2D eigenvalue weighted by Gasteiger charge is 2.17. The molecule has 0 amide bonds.